The first-order chi connectivity index (χ1) is 14.1. The van der Waals surface area contributed by atoms with Gasteiger partial charge in [-0.1, -0.05) is 0 Å². The normalized spacial score (nSPS) is 17.7. The zero-order chi connectivity index (χ0) is 20.0. The number of piperazine rings is 1. The van der Waals surface area contributed by atoms with Gasteiger partial charge >= 0.3 is 0 Å². The standard InChI is InChI=1S/C22H28N6O/c1-25-15-23-20-13-16(7-8-18(20)22(25)29)28-11-9-27(10-12-28)14-21-17-5-3-4-6-19(17)24-26(21)2/h7-8,13,15H,3-6,9-12,14H2,1-2H3. The van der Waals surface area contributed by atoms with Crippen LogP contribution < -0.4 is 10.5 Å². The number of fused-ring (bicyclic) bond motifs is 2. The topological polar surface area (TPSA) is 59.2 Å². The molecule has 152 valence electrons. The largest absolute Gasteiger partial charge is 0.369 e. The molecule has 29 heavy (non-hydrogen) atoms. The Labute approximate surface area is 170 Å². The molecular weight excluding hydrogens is 364 g/mol. The Bertz CT molecular complexity index is 1110. The van der Waals surface area contributed by atoms with Gasteiger partial charge in [-0.15, -0.1) is 0 Å². The molecule has 0 saturated carbocycles. The molecule has 2 aliphatic rings. The fourth-order valence-electron chi connectivity index (χ4n) is 4.72. The van der Waals surface area contributed by atoms with Gasteiger partial charge in [0.15, 0.2) is 0 Å². The van der Waals surface area contributed by atoms with Crippen molar-refractivity contribution in [2.75, 3.05) is 31.1 Å². The first-order valence-corrected chi connectivity index (χ1v) is 10.6. The Morgan fingerprint density at radius 2 is 1.83 bits per heavy atom. The van der Waals surface area contributed by atoms with E-state index in [1.54, 1.807) is 13.4 Å². The average molecular weight is 393 g/mol. The molecule has 0 atom stereocenters. The van der Waals surface area contributed by atoms with Crippen molar-refractivity contribution in [3.63, 3.8) is 0 Å². The van der Waals surface area contributed by atoms with Crippen molar-refractivity contribution in [1.82, 2.24) is 24.2 Å². The smallest absolute Gasteiger partial charge is 0.260 e. The summed E-state index contributed by atoms with van der Waals surface area (Å²) in [4.78, 5) is 21.6. The molecule has 1 aromatic carbocycles. The van der Waals surface area contributed by atoms with E-state index in [-0.39, 0.29) is 5.56 Å². The first-order valence-electron chi connectivity index (χ1n) is 10.6. The highest BCUT2D eigenvalue weighted by atomic mass is 16.1. The van der Waals surface area contributed by atoms with E-state index in [1.807, 2.05) is 12.1 Å². The van der Waals surface area contributed by atoms with Crippen molar-refractivity contribution in [2.45, 2.75) is 32.2 Å². The van der Waals surface area contributed by atoms with Crippen molar-refractivity contribution in [1.29, 1.82) is 0 Å². The van der Waals surface area contributed by atoms with E-state index in [1.165, 1.54) is 40.8 Å². The number of aromatic nitrogens is 4. The molecular formula is C22H28N6O. The van der Waals surface area contributed by atoms with E-state index in [0.29, 0.717) is 5.39 Å². The summed E-state index contributed by atoms with van der Waals surface area (Å²) in [6.07, 6.45) is 6.48. The van der Waals surface area contributed by atoms with Crippen molar-refractivity contribution < 1.29 is 0 Å². The predicted octanol–water partition coefficient (Wildman–Crippen LogP) is 1.87. The molecule has 7 nitrogen and oxygen atoms in total. The molecule has 5 rings (SSSR count). The lowest BCUT2D eigenvalue weighted by Crippen LogP contribution is -2.46. The van der Waals surface area contributed by atoms with Gasteiger partial charge in [0.05, 0.1) is 28.6 Å². The third-order valence-corrected chi connectivity index (χ3v) is 6.46. The van der Waals surface area contributed by atoms with Gasteiger partial charge in [-0.3, -0.25) is 14.4 Å². The lowest BCUT2D eigenvalue weighted by molar-refractivity contribution is 0.243. The molecule has 7 heteroatoms. The minimum atomic E-state index is 0.00544. The van der Waals surface area contributed by atoms with E-state index in [4.69, 9.17) is 5.10 Å². The molecule has 0 spiro atoms. The number of aryl methyl sites for hydroxylation is 3. The second-order valence-electron chi connectivity index (χ2n) is 8.33. The molecule has 0 N–H and O–H groups in total. The van der Waals surface area contributed by atoms with Crippen LogP contribution in [0.4, 0.5) is 5.69 Å². The maximum absolute atomic E-state index is 12.2. The lowest BCUT2D eigenvalue weighted by atomic mass is 9.95. The third-order valence-electron chi connectivity index (χ3n) is 6.46. The van der Waals surface area contributed by atoms with Gasteiger partial charge in [0, 0.05) is 52.5 Å². The molecule has 1 fully saturated rings. The van der Waals surface area contributed by atoms with Crippen LogP contribution in [-0.2, 0) is 33.5 Å². The zero-order valence-electron chi connectivity index (χ0n) is 17.3. The molecule has 3 aromatic rings. The van der Waals surface area contributed by atoms with Crippen LogP contribution >= 0.6 is 0 Å². The fourth-order valence-corrected chi connectivity index (χ4v) is 4.72. The van der Waals surface area contributed by atoms with Crippen LogP contribution in [0.3, 0.4) is 0 Å². The van der Waals surface area contributed by atoms with Gasteiger partial charge in [0.2, 0.25) is 0 Å². The fraction of sp³-hybridized carbons (Fsp3) is 0.500. The Morgan fingerprint density at radius 3 is 2.66 bits per heavy atom. The molecule has 1 aliphatic heterocycles. The summed E-state index contributed by atoms with van der Waals surface area (Å²) in [5.74, 6) is 0. The quantitative estimate of drug-likeness (QED) is 0.681. The van der Waals surface area contributed by atoms with E-state index < -0.39 is 0 Å². The van der Waals surface area contributed by atoms with Crippen LogP contribution in [0.1, 0.15) is 29.8 Å². The summed E-state index contributed by atoms with van der Waals surface area (Å²) in [5, 5.41) is 5.45. The summed E-state index contributed by atoms with van der Waals surface area (Å²) in [6.45, 7) is 5.01. The van der Waals surface area contributed by atoms with Crippen LogP contribution in [0, 0.1) is 0 Å². The van der Waals surface area contributed by atoms with Crippen LogP contribution in [0.25, 0.3) is 10.9 Å². The van der Waals surface area contributed by atoms with E-state index in [9.17, 15) is 4.79 Å². The highest BCUT2D eigenvalue weighted by Gasteiger charge is 2.23. The molecule has 2 aromatic heterocycles. The van der Waals surface area contributed by atoms with Gasteiger partial charge in [0.25, 0.3) is 5.56 Å². The molecule has 0 amide bonds. The van der Waals surface area contributed by atoms with Crippen molar-refractivity contribution in [2.24, 2.45) is 14.1 Å². The van der Waals surface area contributed by atoms with Crippen LogP contribution in [0.15, 0.2) is 29.3 Å². The van der Waals surface area contributed by atoms with Crippen molar-refractivity contribution >= 4 is 16.6 Å². The molecule has 1 aliphatic carbocycles. The zero-order valence-corrected chi connectivity index (χ0v) is 17.3. The maximum Gasteiger partial charge on any atom is 0.260 e. The summed E-state index contributed by atoms with van der Waals surface area (Å²) < 4.78 is 3.63. The highest BCUT2D eigenvalue weighted by molar-refractivity contribution is 5.81. The van der Waals surface area contributed by atoms with Gasteiger partial charge in [0.1, 0.15) is 0 Å². The number of benzene rings is 1. The van der Waals surface area contributed by atoms with Crippen LogP contribution in [0.2, 0.25) is 0 Å². The lowest BCUT2D eigenvalue weighted by Gasteiger charge is -2.36. The first kappa shape index (κ1) is 18.4. The maximum atomic E-state index is 12.2. The Balaban J connectivity index is 1.29. The summed E-state index contributed by atoms with van der Waals surface area (Å²) in [6, 6.07) is 6.01. The van der Waals surface area contributed by atoms with Crippen molar-refractivity contribution in [3.05, 3.63) is 51.8 Å². The second kappa shape index (κ2) is 7.30. The highest BCUT2D eigenvalue weighted by Crippen LogP contribution is 2.26. The minimum absolute atomic E-state index is 0.00544. The van der Waals surface area contributed by atoms with E-state index >= 15 is 0 Å². The summed E-state index contributed by atoms with van der Waals surface area (Å²) >= 11 is 0. The molecule has 0 bridgehead atoms. The number of anilines is 1. The Hall–Kier alpha value is -2.67. The van der Waals surface area contributed by atoms with E-state index in [0.717, 1.165) is 50.3 Å². The van der Waals surface area contributed by atoms with Crippen LogP contribution in [0.5, 0.6) is 0 Å². The van der Waals surface area contributed by atoms with Gasteiger partial charge in [-0.2, -0.15) is 5.10 Å². The molecule has 3 heterocycles. The van der Waals surface area contributed by atoms with Gasteiger partial charge < -0.3 is 9.47 Å². The van der Waals surface area contributed by atoms with E-state index in [2.05, 4.69) is 32.6 Å². The predicted molar refractivity (Wildman–Crippen MR) is 114 cm³/mol. The molecule has 0 radical (unpaired) electrons. The summed E-state index contributed by atoms with van der Waals surface area (Å²) in [5.41, 5.74) is 6.15. The molecule has 1 saturated heterocycles. The van der Waals surface area contributed by atoms with Gasteiger partial charge in [-0.05, 0) is 49.4 Å². The average Bonchev–Trinajstić information content (AvgIpc) is 3.06. The van der Waals surface area contributed by atoms with Crippen molar-refractivity contribution in [3.8, 4) is 0 Å². The number of rotatable bonds is 3. The number of nitrogens with zero attached hydrogens (tertiary/aromatic N) is 6. The second-order valence-corrected chi connectivity index (χ2v) is 8.33. The molecule has 0 unspecified atom stereocenters. The SMILES string of the molecule is Cn1nc2c(c1CN1CCN(c3ccc4c(=O)n(C)cnc4c3)CC1)CCCC2. The Morgan fingerprint density at radius 1 is 1.03 bits per heavy atom. The monoisotopic (exact) mass is 392 g/mol. The Kier molecular flexibility index (Phi) is 4.62. The van der Waals surface area contributed by atoms with Gasteiger partial charge in [-0.25, -0.2) is 4.98 Å². The number of hydrogen-bond acceptors (Lipinski definition) is 5. The summed E-state index contributed by atoms with van der Waals surface area (Å²) in [7, 11) is 3.83. The number of hydrogen-bond donors (Lipinski definition) is 0. The van der Waals surface area contributed by atoms with Crippen LogP contribution in [-0.4, -0.2) is 50.4 Å². The third kappa shape index (κ3) is 3.33. The minimum Gasteiger partial charge on any atom is -0.369 e.